The number of nitrogens with zero attached hydrogens (tertiary/aromatic N) is 3. The first kappa shape index (κ1) is 22.9. The summed E-state index contributed by atoms with van der Waals surface area (Å²) < 4.78 is 0. The quantitative estimate of drug-likeness (QED) is 0.300. The number of carbonyl (C=O) groups is 4. The molecule has 2 aliphatic heterocycles. The Morgan fingerprint density at radius 3 is 2.82 bits per heavy atom. The van der Waals surface area contributed by atoms with Gasteiger partial charge in [-0.25, -0.2) is 4.98 Å². The van der Waals surface area contributed by atoms with Crippen LogP contribution < -0.4 is 16.4 Å². The first-order valence-corrected chi connectivity index (χ1v) is 10.7. The average molecular weight is 469 g/mol. The highest BCUT2D eigenvalue weighted by atomic mass is 16.6. The maximum atomic E-state index is 13.3. The predicted molar refractivity (Wildman–Crippen MR) is 116 cm³/mol. The zero-order chi connectivity index (χ0) is 24.4. The van der Waals surface area contributed by atoms with E-state index in [9.17, 15) is 29.3 Å². The van der Waals surface area contributed by atoms with Gasteiger partial charge < -0.3 is 26.3 Å². The second kappa shape index (κ2) is 9.29. The lowest BCUT2D eigenvalue weighted by Gasteiger charge is -2.30. The summed E-state index contributed by atoms with van der Waals surface area (Å²) in [5.41, 5.74) is 6.43. The molecule has 1 aromatic heterocycles. The fourth-order valence-corrected chi connectivity index (χ4v) is 4.35. The van der Waals surface area contributed by atoms with E-state index in [2.05, 4.69) is 20.6 Å². The van der Waals surface area contributed by atoms with Crippen LogP contribution >= 0.6 is 0 Å². The maximum absolute atomic E-state index is 13.3. The van der Waals surface area contributed by atoms with Gasteiger partial charge >= 0.3 is 0 Å². The molecular weight excluding hydrogens is 446 g/mol. The van der Waals surface area contributed by atoms with Gasteiger partial charge in [-0.3, -0.25) is 29.3 Å². The summed E-state index contributed by atoms with van der Waals surface area (Å²) in [5, 5.41) is 16.2. The molecule has 1 saturated heterocycles. The van der Waals surface area contributed by atoms with Gasteiger partial charge in [0.2, 0.25) is 17.7 Å². The van der Waals surface area contributed by atoms with E-state index in [-0.39, 0.29) is 24.1 Å². The Hall–Kier alpha value is -4.29. The number of likely N-dealkylation sites (tertiary alicyclic amines) is 1. The minimum absolute atomic E-state index is 0.0933. The van der Waals surface area contributed by atoms with Crippen molar-refractivity contribution in [3.63, 3.8) is 0 Å². The van der Waals surface area contributed by atoms with Crippen LogP contribution in [0.1, 0.15) is 34.5 Å². The number of imidazole rings is 1. The first-order valence-electron chi connectivity index (χ1n) is 10.7. The van der Waals surface area contributed by atoms with Crippen LogP contribution in [0.5, 0.6) is 0 Å². The normalized spacial score (nSPS) is 20.2. The lowest BCUT2D eigenvalue weighted by atomic mass is 9.94. The topological polar surface area (TPSA) is 193 Å². The number of non-ortho nitro benzene ring substituents is 1. The fraction of sp³-hybridized carbons (Fsp3) is 0.381. The SMILES string of the molecule is NC(=O)[C@@H]1CCCN1C(=O)[C@H](Cc1cnc[nH]1)NC(=O)[C@@H]1Cc2ccc([N+](=O)[O-])cc2C(=O)N1. The zero-order valence-electron chi connectivity index (χ0n) is 18.0. The maximum Gasteiger partial charge on any atom is 0.270 e. The number of benzene rings is 1. The summed E-state index contributed by atoms with van der Waals surface area (Å²) in [4.78, 5) is 69.2. The number of carbonyl (C=O) groups excluding carboxylic acids is 4. The van der Waals surface area contributed by atoms with Crippen molar-refractivity contribution in [2.24, 2.45) is 5.73 Å². The zero-order valence-corrected chi connectivity index (χ0v) is 18.0. The number of nitrogens with two attached hydrogens (primary N) is 1. The summed E-state index contributed by atoms with van der Waals surface area (Å²) in [7, 11) is 0. The number of fused-ring (bicyclic) bond motifs is 1. The minimum atomic E-state index is -1.02. The Bertz CT molecular complexity index is 1150. The molecule has 34 heavy (non-hydrogen) atoms. The van der Waals surface area contributed by atoms with Crippen LogP contribution in [0, 0.1) is 10.1 Å². The lowest BCUT2D eigenvalue weighted by Crippen LogP contribution is -2.58. The standard InChI is InChI=1S/C21H23N7O6/c22-18(29)17-2-1-5-27(17)21(32)16(7-12-9-23-10-24-12)26-20(31)15-6-11-3-4-13(28(33)34)8-14(11)19(30)25-15/h3-4,8-10,15-17H,1-2,5-7H2,(H2,22,29)(H,23,24)(H,25,30)(H,26,31)/t15-,16-,17-/m0/s1. The third-order valence-electron chi connectivity index (χ3n) is 6.05. The monoisotopic (exact) mass is 469 g/mol. The number of nitro groups is 1. The second-order valence-electron chi connectivity index (χ2n) is 8.26. The van der Waals surface area contributed by atoms with Crippen LogP contribution in [0.25, 0.3) is 0 Å². The molecule has 3 heterocycles. The number of rotatable bonds is 7. The number of hydrogen-bond acceptors (Lipinski definition) is 7. The molecule has 3 atom stereocenters. The van der Waals surface area contributed by atoms with E-state index >= 15 is 0 Å². The van der Waals surface area contributed by atoms with Gasteiger partial charge in [0.05, 0.1) is 11.3 Å². The van der Waals surface area contributed by atoms with Gasteiger partial charge in [0.25, 0.3) is 11.6 Å². The molecule has 13 nitrogen and oxygen atoms in total. The first-order chi connectivity index (χ1) is 16.2. The predicted octanol–water partition coefficient (Wildman–Crippen LogP) is -0.824. The Morgan fingerprint density at radius 2 is 2.15 bits per heavy atom. The van der Waals surface area contributed by atoms with Gasteiger partial charge in [-0.05, 0) is 18.4 Å². The fourth-order valence-electron chi connectivity index (χ4n) is 4.35. The number of hydrogen-bond donors (Lipinski definition) is 4. The van der Waals surface area contributed by atoms with Crippen molar-refractivity contribution in [3.05, 3.63) is 57.7 Å². The number of primary amides is 1. The van der Waals surface area contributed by atoms with E-state index in [0.717, 1.165) is 0 Å². The van der Waals surface area contributed by atoms with Gasteiger partial charge in [0.15, 0.2) is 0 Å². The highest BCUT2D eigenvalue weighted by molar-refractivity contribution is 6.02. The van der Waals surface area contributed by atoms with Crippen molar-refractivity contribution in [2.45, 2.75) is 43.8 Å². The lowest BCUT2D eigenvalue weighted by molar-refractivity contribution is -0.384. The summed E-state index contributed by atoms with van der Waals surface area (Å²) in [6, 6.07) is 1.13. The summed E-state index contributed by atoms with van der Waals surface area (Å²) in [6.07, 6.45) is 4.23. The van der Waals surface area contributed by atoms with Gasteiger partial charge in [0.1, 0.15) is 18.1 Å². The Balaban J connectivity index is 1.52. The van der Waals surface area contributed by atoms with Crippen molar-refractivity contribution in [2.75, 3.05) is 6.54 Å². The smallest absolute Gasteiger partial charge is 0.270 e. The van der Waals surface area contributed by atoms with Gasteiger partial charge in [-0.15, -0.1) is 0 Å². The molecule has 5 N–H and O–H groups in total. The van der Waals surface area contributed by atoms with Crippen LogP contribution in [0.15, 0.2) is 30.7 Å². The van der Waals surface area contributed by atoms with Crippen molar-refractivity contribution in [3.8, 4) is 0 Å². The number of amides is 4. The molecule has 178 valence electrons. The molecule has 0 radical (unpaired) electrons. The van der Waals surface area contributed by atoms with Gasteiger partial charge in [-0.2, -0.15) is 0 Å². The molecule has 0 unspecified atom stereocenters. The minimum Gasteiger partial charge on any atom is -0.368 e. The molecule has 13 heteroatoms. The molecule has 4 amide bonds. The Labute approximate surface area is 193 Å². The number of aromatic nitrogens is 2. The molecular formula is C21H23N7O6. The van der Waals surface area contributed by atoms with Gasteiger partial charge in [-0.1, -0.05) is 6.07 Å². The largest absolute Gasteiger partial charge is 0.368 e. The van der Waals surface area contributed by atoms with Crippen LogP contribution in [0.4, 0.5) is 5.69 Å². The van der Waals surface area contributed by atoms with E-state index in [4.69, 9.17) is 5.73 Å². The molecule has 0 aliphatic carbocycles. The van der Waals surface area contributed by atoms with Crippen LogP contribution in [0.2, 0.25) is 0 Å². The Morgan fingerprint density at radius 1 is 1.35 bits per heavy atom. The molecule has 2 aromatic rings. The van der Waals surface area contributed by atoms with Crippen molar-refractivity contribution >= 4 is 29.3 Å². The number of nitro benzene ring substituents is 1. The average Bonchev–Trinajstić information content (AvgIpc) is 3.50. The molecule has 1 aromatic carbocycles. The molecule has 1 fully saturated rings. The summed E-state index contributed by atoms with van der Waals surface area (Å²) in [5.74, 6) is -2.27. The molecule has 0 bridgehead atoms. The molecule has 0 spiro atoms. The van der Waals surface area contributed by atoms with E-state index in [0.29, 0.717) is 30.6 Å². The third kappa shape index (κ3) is 4.58. The molecule has 4 rings (SSSR count). The highest BCUT2D eigenvalue weighted by Gasteiger charge is 2.38. The number of aromatic amines is 1. The van der Waals surface area contributed by atoms with Crippen molar-refractivity contribution < 1.29 is 24.1 Å². The van der Waals surface area contributed by atoms with E-state index < -0.39 is 46.7 Å². The van der Waals surface area contributed by atoms with E-state index in [1.165, 1.54) is 35.6 Å². The van der Waals surface area contributed by atoms with E-state index in [1.54, 1.807) is 0 Å². The molecule has 0 saturated carbocycles. The second-order valence-corrected chi connectivity index (χ2v) is 8.26. The van der Waals surface area contributed by atoms with Crippen LogP contribution in [0.3, 0.4) is 0 Å². The van der Waals surface area contributed by atoms with Gasteiger partial charge in [0, 0.05) is 49.0 Å². The highest BCUT2D eigenvalue weighted by Crippen LogP contribution is 2.23. The summed E-state index contributed by atoms with van der Waals surface area (Å²) in [6.45, 7) is 0.341. The van der Waals surface area contributed by atoms with Crippen molar-refractivity contribution in [1.82, 2.24) is 25.5 Å². The van der Waals surface area contributed by atoms with Crippen LogP contribution in [-0.2, 0) is 27.2 Å². The molecule has 2 aliphatic rings. The Kier molecular flexibility index (Phi) is 6.25. The summed E-state index contributed by atoms with van der Waals surface area (Å²) >= 11 is 0. The van der Waals surface area contributed by atoms with E-state index in [1.807, 2.05) is 0 Å². The van der Waals surface area contributed by atoms with Crippen LogP contribution in [-0.4, -0.2) is 68.1 Å². The number of nitrogens with one attached hydrogen (secondary N) is 3. The third-order valence-corrected chi connectivity index (χ3v) is 6.05. The van der Waals surface area contributed by atoms with Crippen molar-refractivity contribution in [1.29, 1.82) is 0 Å². The number of H-pyrrole nitrogens is 1.